The first-order chi connectivity index (χ1) is 13.8. The fraction of sp³-hybridized carbons (Fsp3) is 0.273. The van der Waals surface area contributed by atoms with Gasteiger partial charge in [0.2, 0.25) is 0 Å². The van der Waals surface area contributed by atoms with Crippen molar-refractivity contribution >= 4 is 40.7 Å². The smallest absolute Gasteiger partial charge is 0.295 e. The molecule has 7 heteroatoms. The Hall–Kier alpha value is -2.34. The van der Waals surface area contributed by atoms with Crippen LogP contribution in [0, 0.1) is 13.8 Å². The zero-order valence-corrected chi connectivity index (χ0v) is 17.8. The maximum absolute atomic E-state index is 12.9. The molecule has 2 aromatic rings. The molecule has 3 rings (SSSR count). The summed E-state index contributed by atoms with van der Waals surface area (Å²) in [5, 5.41) is 11.8. The van der Waals surface area contributed by atoms with E-state index >= 15 is 0 Å². The molecule has 29 heavy (non-hydrogen) atoms. The number of nitrogens with zero attached hydrogens (tertiary/aromatic N) is 1. The van der Waals surface area contributed by atoms with Crippen molar-refractivity contribution in [2.45, 2.75) is 19.9 Å². The van der Waals surface area contributed by atoms with Crippen molar-refractivity contribution in [3.8, 4) is 0 Å². The van der Waals surface area contributed by atoms with Crippen LogP contribution < -0.4 is 0 Å². The molecule has 0 saturated carbocycles. The number of aliphatic hydroxyl groups excluding tert-OH is 1. The maximum Gasteiger partial charge on any atom is 0.295 e. The number of hydrogen-bond acceptors (Lipinski definition) is 4. The summed E-state index contributed by atoms with van der Waals surface area (Å²) in [5.74, 6) is -1.64. The maximum atomic E-state index is 12.9. The number of carbonyl (C=O) groups is 2. The van der Waals surface area contributed by atoms with Crippen LogP contribution in [0.3, 0.4) is 0 Å². The van der Waals surface area contributed by atoms with E-state index in [1.165, 1.54) is 12.0 Å². The second-order valence-electron chi connectivity index (χ2n) is 6.98. The molecule has 1 aliphatic heterocycles. The third kappa shape index (κ3) is 4.04. The minimum atomic E-state index is -0.792. The highest BCUT2D eigenvalue weighted by Crippen LogP contribution is 2.41. The van der Waals surface area contributed by atoms with Gasteiger partial charge in [-0.2, -0.15) is 0 Å². The predicted molar refractivity (Wildman–Crippen MR) is 113 cm³/mol. The van der Waals surface area contributed by atoms with Crippen molar-refractivity contribution in [3.05, 3.63) is 74.3 Å². The monoisotopic (exact) mass is 433 g/mol. The van der Waals surface area contributed by atoms with Gasteiger partial charge in [-0.25, -0.2) is 0 Å². The summed E-state index contributed by atoms with van der Waals surface area (Å²) in [6.07, 6.45) is 0. The van der Waals surface area contributed by atoms with Crippen molar-refractivity contribution in [1.29, 1.82) is 0 Å². The highest BCUT2D eigenvalue weighted by Gasteiger charge is 2.46. The van der Waals surface area contributed by atoms with Crippen LogP contribution in [0.1, 0.15) is 28.3 Å². The summed E-state index contributed by atoms with van der Waals surface area (Å²) in [4.78, 5) is 27.1. The van der Waals surface area contributed by atoms with Crippen molar-refractivity contribution in [2.75, 3.05) is 20.3 Å². The zero-order valence-electron chi connectivity index (χ0n) is 16.3. The first-order valence-corrected chi connectivity index (χ1v) is 9.81. The van der Waals surface area contributed by atoms with Gasteiger partial charge in [0, 0.05) is 19.2 Å². The topological polar surface area (TPSA) is 66.8 Å². The Kier molecular flexibility index (Phi) is 6.32. The number of ether oxygens (including phenoxy) is 1. The summed E-state index contributed by atoms with van der Waals surface area (Å²) in [7, 11) is 1.51. The van der Waals surface area contributed by atoms with Gasteiger partial charge < -0.3 is 14.7 Å². The molecule has 1 aliphatic rings. The zero-order chi connectivity index (χ0) is 21.3. The van der Waals surface area contributed by atoms with Crippen LogP contribution in [-0.4, -0.2) is 42.0 Å². The quantitative estimate of drug-likeness (QED) is 0.422. The second-order valence-corrected chi connectivity index (χ2v) is 7.79. The van der Waals surface area contributed by atoms with Crippen LogP contribution in [0.2, 0.25) is 10.0 Å². The lowest BCUT2D eigenvalue weighted by molar-refractivity contribution is -0.140. The van der Waals surface area contributed by atoms with E-state index < -0.39 is 17.7 Å². The molecule has 1 amide bonds. The predicted octanol–water partition coefficient (Wildman–Crippen LogP) is 4.68. The fourth-order valence-corrected chi connectivity index (χ4v) is 3.77. The lowest BCUT2D eigenvalue weighted by atomic mass is 9.93. The summed E-state index contributed by atoms with van der Waals surface area (Å²) in [5.41, 5.74) is 2.85. The van der Waals surface area contributed by atoms with Gasteiger partial charge in [-0.15, -0.1) is 0 Å². The molecular weight excluding hydrogens is 413 g/mol. The molecule has 0 radical (unpaired) electrons. The van der Waals surface area contributed by atoms with E-state index in [0.29, 0.717) is 21.2 Å². The van der Waals surface area contributed by atoms with Gasteiger partial charge in [0.05, 0.1) is 28.3 Å². The number of aryl methyl sites for hydroxylation is 2. The van der Waals surface area contributed by atoms with Gasteiger partial charge >= 0.3 is 0 Å². The molecule has 1 N–H and O–H groups in total. The van der Waals surface area contributed by atoms with E-state index in [2.05, 4.69) is 0 Å². The highest BCUT2D eigenvalue weighted by molar-refractivity contribution is 6.47. The average molecular weight is 434 g/mol. The Bertz CT molecular complexity index is 1020. The molecule has 2 aromatic carbocycles. The number of hydrogen-bond donors (Lipinski definition) is 1. The Balaban J connectivity index is 2.23. The summed E-state index contributed by atoms with van der Waals surface area (Å²) in [6.45, 7) is 4.16. The van der Waals surface area contributed by atoms with Crippen LogP contribution in [0.25, 0.3) is 5.76 Å². The van der Waals surface area contributed by atoms with E-state index in [9.17, 15) is 14.7 Å². The number of carbonyl (C=O) groups excluding carboxylic acids is 2. The first kappa shape index (κ1) is 21.4. The van der Waals surface area contributed by atoms with Gasteiger partial charge in [0.1, 0.15) is 5.76 Å². The number of likely N-dealkylation sites (tertiary alicyclic amines) is 1. The average Bonchev–Trinajstić information content (AvgIpc) is 2.94. The van der Waals surface area contributed by atoms with Gasteiger partial charge in [-0.05, 0) is 43.2 Å². The molecule has 0 aromatic heterocycles. The summed E-state index contributed by atoms with van der Waals surface area (Å²) < 4.78 is 5.10. The standard InChI is InChI=1S/C22H21Cl2NO4/c1-12-4-5-13(2)15(10-12)20(26)18-19(14-6-7-16(23)17(24)11-14)25(8-9-29-3)22(28)21(18)27/h4-7,10-11,19,26H,8-9H2,1-3H3. The Morgan fingerprint density at radius 3 is 2.48 bits per heavy atom. The first-order valence-electron chi connectivity index (χ1n) is 9.06. The van der Waals surface area contributed by atoms with Gasteiger partial charge in [-0.3, -0.25) is 9.59 Å². The molecule has 1 saturated heterocycles. The summed E-state index contributed by atoms with van der Waals surface area (Å²) in [6, 6.07) is 9.68. The number of halogens is 2. The van der Waals surface area contributed by atoms with Crippen LogP contribution in [0.5, 0.6) is 0 Å². The van der Waals surface area contributed by atoms with Crippen LogP contribution in [-0.2, 0) is 14.3 Å². The Morgan fingerprint density at radius 2 is 1.83 bits per heavy atom. The molecule has 0 bridgehead atoms. The summed E-state index contributed by atoms with van der Waals surface area (Å²) >= 11 is 12.2. The SMILES string of the molecule is COCCN1C(=O)C(=O)C(=C(O)c2cc(C)ccc2C)C1c1ccc(Cl)c(Cl)c1. The lowest BCUT2D eigenvalue weighted by Gasteiger charge is -2.25. The Labute approximate surface area is 179 Å². The molecule has 1 atom stereocenters. The van der Waals surface area contributed by atoms with Crippen molar-refractivity contribution in [3.63, 3.8) is 0 Å². The largest absolute Gasteiger partial charge is 0.507 e. The molecule has 1 fully saturated rings. The minimum Gasteiger partial charge on any atom is -0.507 e. The highest BCUT2D eigenvalue weighted by atomic mass is 35.5. The third-order valence-corrected chi connectivity index (χ3v) is 5.72. The van der Waals surface area contributed by atoms with E-state index in [1.54, 1.807) is 24.3 Å². The van der Waals surface area contributed by atoms with Crippen molar-refractivity contribution in [1.82, 2.24) is 4.90 Å². The van der Waals surface area contributed by atoms with Crippen LogP contribution in [0.15, 0.2) is 42.0 Å². The van der Waals surface area contributed by atoms with Crippen molar-refractivity contribution < 1.29 is 19.4 Å². The number of ketones is 1. The van der Waals surface area contributed by atoms with Crippen LogP contribution >= 0.6 is 23.2 Å². The fourth-order valence-electron chi connectivity index (χ4n) is 3.47. The number of aliphatic hydroxyl groups is 1. The van der Waals surface area contributed by atoms with E-state index in [1.807, 2.05) is 26.0 Å². The number of amides is 1. The molecule has 1 heterocycles. The van der Waals surface area contributed by atoms with E-state index in [4.69, 9.17) is 27.9 Å². The third-order valence-electron chi connectivity index (χ3n) is 4.98. The number of methoxy groups -OCH3 is 1. The van der Waals surface area contributed by atoms with E-state index in [0.717, 1.165) is 11.1 Å². The molecule has 0 spiro atoms. The molecular formula is C22H21Cl2NO4. The normalized spacial score (nSPS) is 18.5. The van der Waals surface area contributed by atoms with E-state index in [-0.39, 0.29) is 24.5 Å². The van der Waals surface area contributed by atoms with Gasteiger partial charge in [-0.1, -0.05) is 47.0 Å². The number of rotatable bonds is 5. The molecule has 152 valence electrons. The molecule has 5 nitrogen and oxygen atoms in total. The Morgan fingerprint density at radius 1 is 1.10 bits per heavy atom. The second kappa shape index (κ2) is 8.57. The van der Waals surface area contributed by atoms with Crippen molar-refractivity contribution in [2.24, 2.45) is 0 Å². The van der Waals surface area contributed by atoms with Crippen LogP contribution in [0.4, 0.5) is 0 Å². The minimum absolute atomic E-state index is 0.0261. The van der Waals surface area contributed by atoms with Gasteiger partial charge in [0.15, 0.2) is 0 Å². The molecule has 1 unspecified atom stereocenters. The molecule has 0 aliphatic carbocycles. The van der Waals surface area contributed by atoms with Gasteiger partial charge in [0.25, 0.3) is 11.7 Å². The number of benzene rings is 2. The lowest BCUT2D eigenvalue weighted by Crippen LogP contribution is -2.32. The number of Topliss-reactive ketones (excluding diaryl/α,β-unsaturated/α-hetero) is 1.